The van der Waals surface area contributed by atoms with Crippen LogP contribution in [-0.2, 0) is 4.74 Å². The second-order valence-corrected chi connectivity index (χ2v) is 5.93. The topological polar surface area (TPSA) is 15.7 Å². The molecule has 0 aromatic rings. The lowest BCUT2D eigenvalue weighted by molar-refractivity contribution is 0.0730. The van der Waals surface area contributed by atoms with E-state index in [1.807, 2.05) is 0 Å². The van der Waals surface area contributed by atoms with Crippen molar-refractivity contribution in [2.45, 2.75) is 44.2 Å². The highest BCUT2D eigenvalue weighted by molar-refractivity contribution is 4.95. The molecule has 0 N–H and O–H groups in total. The van der Waals surface area contributed by atoms with Crippen LogP contribution in [-0.4, -0.2) is 60.8 Å². The van der Waals surface area contributed by atoms with E-state index in [1.165, 1.54) is 51.9 Å². The van der Waals surface area contributed by atoms with Gasteiger partial charge < -0.3 is 4.74 Å². The van der Waals surface area contributed by atoms with Crippen LogP contribution in [0.1, 0.15) is 32.6 Å². The Balaban J connectivity index is 1.70. The second kappa shape index (κ2) is 4.28. The van der Waals surface area contributed by atoms with Gasteiger partial charge in [-0.15, -0.1) is 0 Å². The van der Waals surface area contributed by atoms with Crippen molar-refractivity contribution in [3.63, 3.8) is 0 Å². The van der Waals surface area contributed by atoms with E-state index in [9.17, 15) is 0 Å². The molecule has 0 radical (unpaired) electrons. The fraction of sp³-hybridized carbons (Fsp3) is 1.00. The van der Waals surface area contributed by atoms with E-state index in [0.717, 1.165) is 19.3 Å². The van der Waals surface area contributed by atoms with Crippen LogP contribution in [0.5, 0.6) is 0 Å². The Morgan fingerprint density at radius 3 is 2.88 bits per heavy atom. The summed E-state index contributed by atoms with van der Waals surface area (Å²) in [5, 5.41) is 0. The minimum absolute atomic E-state index is 0.332. The van der Waals surface area contributed by atoms with Gasteiger partial charge in [0.1, 0.15) is 0 Å². The minimum atomic E-state index is 0.332. The molecule has 3 rings (SSSR count). The molecular formula is C13H24N2O. The van der Waals surface area contributed by atoms with E-state index in [-0.39, 0.29) is 0 Å². The van der Waals surface area contributed by atoms with Crippen LogP contribution in [0.4, 0.5) is 0 Å². The van der Waals surface area contributed by atoms with Crippen molar-refractivity contribution in [2.24, 2.45) is 0 Å². The van der Waals surface area contributed by atoms with E-state index in [1.54, 1.807) is 0 Å². The summed E-state index contributed by atoms with van der Waals surface area (Å²) in [5.41, 5.74) is 0.332. The Labute approximate surface area is 98.7 Å². The highest BCUT2D eigenvalue weighted by Gasteiger charge is 2.39. The van der Waals surface area contributed by atoms with Gasteiger partial charge in [-0.25, -0.2) is 0 Å². The molecule has 0 saturated carbocycles. The third-order valence-electron chi connectivity index (χ3n) is 4.76. The summed E-state index contributed by atoms with van der Waals surface area (Å²) >= 11 is 0. The van der Waals surface area contributed by atoms with Crippen LogP contribution in [0.3, 0.4) is 0 Å². The molecule has 92 valence electrons. The summed E-state index contributed by atoms with van der Waals surface area (Å²) in [5.74, 6) is 0. The Hall–Kier alpha value is -0.120. The number of rotatable bonds is 1. The molecule has 2 unspecified atom stereocenters. The SMILES string of the molecule is CC1(N2CCCN3CCCC3C2)CCOC1. The maximum atomic E-state index is 5.61. The van der Waals surface area contributed by atoms with Gasteiger partial charge in [-0.3, -0.25) is 9.80 Å². The molecule has 3 aliphatic heterocycles. The van der Waals surface area contributed by atoms with Crippen molar-refractivity contribution in [2.75, 3.05) is 39.4 Å². The predicted octanol–water partition coefficient (Wildman–Crippen LogP) is 1.34. The van der Waals surface area contributed by atoms with Crippen LogP contribution in [0, 0.1) is 0 Å². The average Bonchev–Trinajstić information content (AvgIpc) is 2.84. The fourth-order valence-electron chi connectivity index (χ4n) is 3.60. The third-order valence-corrected chi connectivity index (χ3v) is 4.76. The van der Waals surface area contributed by atoms with Crippen molar-refractivity contribution in [3.05, 3.63) is 0 Å². The summed E-state index contributed by atoms with van der Waals surface area (Å²) in [7, 11) is 0. The molecule has 3 nitrogen and oxygen atoms in total. The molecule has 0 bridgehead atoms. The van der Waals surface area contributed by atoms with Crippen LogP contribution in [0.15, 0.2) is 0 Å². The van der Waals surface area contributed by atoms with Crippen LogP contribution in [0.2, 0.25) is 0 Å². The van der Waals surface area contributed by atoms with Gasteiger partial charge in [-0.05, 0) is 45.7 Å². The molecule has 0 aliphatic carbocycles. The monoisotopic (exact) mass is 224 g/mol. The van der Waals surface area contributed by atoms with Gasteiger partial charge in [-0.1, -0.05) is 0 Å². The summed E-state index contributed by atoms with van der Waals surface area (Å²) < 4.78 is 5.61. The first-order valence-electron chi connectivity index (χ1n) is 6.85. The number of fused-ring (bicyclic) bond motifs is 1. The van der Waals surface area contributed by atoms with Crippen molar-refractivity contribution in [3.8, 4) is 0 Å². The van der Waals surface area contributed by atoms with Crippen molar-refractivity contribution < 1.29 is 4.74 Å². The first-order chi connectivity index (χ1) is 7.78. The van der Waals surface area contributed by atoms with E-state index < -0.39 is 0 Å². The zero-order valence-corrected chi connectivity index (χ0v) is 10.5. The van der Waals surface area contributed by atoms with Gasteiger partial charge in [0, 0.05) is 31.3 Å². The molecule has 3 saturated heterocycles. The predicted molar refractivity (Wildman–Crippen MR) is 64.6 cm³/mol. The quantitative estimate of drug-likeness (QED) is 0.668. The second-order valence-electron chi connectivity index (χ2n) is 5.93. The zero-order valence-electron chi connectivity index (χ0n) is 10.5. The Morgan fingerprint density at radius 2 is 2.06 bits per heavy atom. The Bertz CT molecular complexity index is 250. The van der Waals surface area contributed by atoms with E-state index >= 15 is 0 Å². The van der Waals surface area contributed by atoms with Crippen LogP contribution < -0.4 is 0 Å². The van der Waals surface area contributed by atoms with Gasteiger partial charge in [0.25, 0.3) is 0 Å². The molecule has 16 heavy (non-hydrogen) atoms. The molecule has 0 aromatic carbocycles. The Kier molecular flexibility index (Phi) is 2.94. The molecule has 2 atom stereocenters. The lowest BCUT2D eigenvalue weighted by Crippen LogP contribution is -2.50. The Morgan fingerprint density at radius 1 is 1.19 bits per heavy atom. The molecular weight excluding hydrogens is 200 g/mol. The number of nitrogens with zero attached hydrogens (tertiary/aromatic N) is 2. The average molecular weight is 224 g/mol. The summed E-state index contributed by atoms with van der Waals surface area (Å²) in [6.07, 6.45) is 5.38. The third kappa shape index (κ3) is 1.89. The number of hydrogen-bond donors (Lipinski definition) is 0. The lowest BCUT2D eigenvalue weighted by atomic mass is 9.98. The lowest BCUT2D eigenvalue weighted by Gasteiger charge is -2.38. The molecule has 0 amide bonds. The first-order valence-corrected chi connectivity index (χ1v) is 6.85. The van der Waals surface area contributed by atoms with Gasteiger partial charge in [0.05, 0.1) is 6.61 Å². The van der Waals surface area contributed by atoms with E-state index in [2.05, 4.69) is 16.7 Å². The minimum Gasteiger partial charge on any atom is -0.379 e. The summed E-state index contributed by atoms with van der Waals surface area (Å²) in [6.45, 7) is 9.50. The summed E-state index contributed by atoms with van der Waals surface area (Å²) in [6, 6.07) is 0.833. The maximum Gasteiger partial charge on any atom is 0.0648 e. The molecule has 3 heterocycles. The first kappa shape index (κ1) is 11.0. The fourth-order valence-corrected chi connectivity index (χ4v) is 3.60. The highest BCUT2D eigenvalue weighted by Crippen LogP contribution is 2.30. The van der Waals surface area contributed by atoms with Gasteiger partial charge in [0.15, 0.2) is 0 Å². The van der Waals surface area contributed by atoms with E-state index in [0.29, 0.717) is 5.54 Å². The number of ether oxygens (including phenoxy) is 1. The molecule has 0 spiro atoms. The van der Waals surface area contributed by atoms with E-state index in [4.69, 9.17) is 4.74 Å². The largest absolute Gasteiger partial charge is 0.379 e. The number of hydrogen-bond acceptors (Lipinski definition) is 3. The van der Waals surface area contributed by atoms with Gasteiger partial charge >= 0.3 is 0 Å². The van der Waals surface area contributed by atoms with Crippen LogP contribution >= 0.6 is 0 Å². The van der Waals surface area contributed by atoms with Crippen molar-refractivity contribution in [1.29, 1.82) is 0 Å². The standard InChI is InChI=1S/C13H24N2O/c1-13(5-9-16-11-13)15-8-3-7-14-6-2-4-12(14)10-15/h12H,2-11H2,1H3. The summed E-state index contributed by atoms with van der Waals surface area (Å²) in [4.78, 5) is 5.43. The molecule has 0 aromatic heterocycles. The molecule has 3 fully saturated rings. The molecule has 3 aliphatic rings. The van der Waals surface area contributed by atoms with Crippen molar-refractivity contribution in [1.82, 2.24) is 9.80 Å². The highest BCUT2D eigenvalue weighted by atomic mass is 16.5. The van der Waals surface area contributed by atoms with Gasteiger partial charge in [-0.2, -0.15) is 0 Å². The van der Waals surface area contributed by atoms with Crippen molar-refractivity contribution >= 4 is 0 Å². The normalized spacial score (nSPS) is 42.2. The zero-order chi connectivity index (χ0) is 11.0. The van der Waals surface area contributed by atoms with Crippen LogP contribution in [0.25, 0.3) is 0 Å². The smallest absolute Gasteiger partial charge is 0.0648 e. The van der Waals surface area contributed by atoms with Gasteiger partial charge in [0.2, 0.25) is 0 Å². The maximum absolute atomic E-state index is 5.61. The molecule has 3 heteroatoms.